The lowest BCUT2D eigenvalue weighted by Crippen LogP contribution is -2.29. The highest BCUT2D eigenvalue weighted by atomic mass is 19.1. The van der Waals surface area contributed by atoms with Crippen LogP contribution in [0.5, 0.6) is 0 Å². The Labute approximate surface area is 136 Å². The zero-order chi connectivity index (χ0) is 16.2. The Bertz CT molecular complexity index is 672. The van der Waals surface area contributed by atoms with Crippen LogP contribution in [0.3, 0.4) is 0 Å². The maximum Gasteiger partial charge on any atom is 0.149 e. The summed E-state index contributed by atoms with van der Waals surface area (Å²) in [6.07, 6.45) is 4.79. The molecule has 0 radical (unpaired) electrons. The molecule has 0 saturated carbocycles. The lowest BCUT2D eigenvalue weighted by Gasteiger charge is -2.22. The third kappa shape index (κ3) is 3.31. The van der Waals surface area contributed by atoms with Gasteiger partial charge in [-0.05, 0) is 30.7 Å². The van der Waals surface area contributed by atoms with Crippen LogP contribution >= 0.6 is 0 Å². The van der Waals surface area contributed by atoms with Crippen LogP contribution in [0.25, 0.3) is 0 Å². The van der Waals surface area contributed by atoms with Crippen LogP contribution in [0, 0.1) is 11.6 Å². The summed E-state index contributed by atoms with van der Waals surface area (Å²) < 4.78 is 27.4. The normalized spacial score (nSPS) is 13.5. The van der Waals surface area contributed by atoms with Gasteiger partial charge in [0.2, 0.25) is 0 Å². The standard InChI is InChI=1S/C19H22F2N2/c1-2-3-4-7-12-22-14-23(19-9-6-5-8-18(19)22)17-11-10-15(20)13-16(17)21/h5-6,8-11,13H,2-4,7,12,14H2,1H3. The second-order valence-electron chi connectivity index (χ2n) is 5.98. The molecule has 0 bridgehead atoms. The van der Waals surface area contributed by atoms with Gasteiger partial charge in [-0.3, -0.25) is 0 Å². The van der Waals surface area contributed by atoms with Gasteiger partial charge in [0.15, 0.2) is 0 Å². The first-order chi connectivity index (χ1) is 11.2. The first-order valence-corrected chi connectivity index (χ1v) is 8.27. The largest absolute Gasteiger partial charge is 0.352 e. The number of halogens is 2. The molecule has 2 aromatic rings. The predicted molar refractivity (Wildman–Crippen MR) is 91.3 cm³/mol. The fourth-order valence-electron chi connectivity index (χ4n) is 3.11. The van der Waals surface area contributed by atoms with Gasteiger partial charge < -0.3 is 9.80 Å². The summed E-state index contributed by atoms with van der Waals surface area (Å²) in [5.41, 5.74) is 2.52. The first kappa shape index (κ1) is 15.8. The van der Waals surface area contributed by atoms with E-state index in [-0.39, 0.29) is 0 Å². The van der Waals surface area contributed by atoms with E-state index in [9.17, 15) is 8.78 Å². The van der Waals surface area contributed by atoms with Crippen molar-refractivity contribution in [2.24, 2.45) is 0 Å². The van der Waals surface area contributed by atoms with Crippen LogP contribution < -0.4 is 9.80 Å². The van der Waals surface area contributed by atoms with Crippen molar-refractivity contribution in [3.8, 4) is 0 Å². The molecule has 1 heterocycles. The minimum Gasteiger partial charge on any atom is -0.352 e. The van der Waals surface area contributed by atoms with E-state index in [4.69, 9.17) is 0 Å². The quantitative estimate of drug-likeness (QED) is 0.653. The van der Waals surface area contributed by atoms with Gasteiger partial charge in [-0.15, -0.1) is 0 Å². The Balaban J connectivity index is 1.83. The lowest BCUT2D eigenvalue weighted by atomic mass is 10.2. The average Bonchev–Trinajstić information content (AvgIpc) is 2.91. The van der Waals surface area contributed by atoms with Crippen LogP contribution in [-0.2, 0) is 0 Å². The Hall–Kier alpha value is -2.10. The lowest BCUT2D eigenvalue weighted by molar-refractivity contribution is 0.582. The summed E-state index contributed by atoms with van der Waals surface area (Å²) in [7, 11) is 0. The zero-order valence-electron chi connectivity index (χ0n) is 13.4. The fourth-order valence-corrected chi connectivity index (χ4v) is 3.11. The molecule has 0 unspecified atom stereocenters. The second kappa shape index (κ2) is 6.99. The zero-order valence-corrected chi connectivity index (χ0v) is 13.4. The number of unbranched alkanes of at least 4 members (excludes halogenated alkanes) is 3. The second-order valence-corrected chi connectivity index (χ2v) is 5.98. The highest BCUT2D eigenvalue weighted by Crippen LogP contribution is 2.41. The Morgan fingerprint density at radius 1 is 0.913 bits per heavy atom. The van der Waals surface area contributed by atoms with E-state index in [1.54, 1.807) is 0 Å². The monoisotopic (exact) mass is 316 g/mol. The van der Waals surface area contributed by atoms with Gasteiger partial charge in [0.25, 0.3) is 0 Å². The van der Waals surface area contributed by atoms with E-state index >= 15 is 0 Å². The summed E-state index contributed by atoms with van der Waals surface area (Å²) >= 11 is 0. The molecule has 4 heteroatoms. The molecule has 2 aromatic carbocycles. The maximum absolute atomic E-state index is 14.2. The summed E-state index contributed by atoms with van der Waals surface area (Å²) in [4.78, 5) is 4.19. The molecule has 3 rings (SSSR count). The molecule has 0 amide bonds. The van der Waals surface area contributed by atoms with Crippen LogP contribution in [0.1, 0.15) is 32.6 Å². The number of anilines is 3. The first-order valence-electron chi connectivity index (χ1n) is 8.27. The van der Waals surface area contributed by atoms with Gasteiger partial charge in [0.05, 0.1) is 23.7 Å². The molecule has 0 atom stereocenters. The van der Waals surface area contributed by atoms with Gasteiger partial charge in [-0.1, -0.05) is 38.3 Å². The summed E-state index contributed by atoms with van der Waals surface area (Å²) in [6.45, 7) is 3.76. The number of rotatable bonds is 6. The molecule has 1 aliphatic rings. The molecule has 0 saturated heterocycles. The smallest absolute Gasteiger partial charge is 0.149 e. The van der Waals surface area contributed by atoms with E-state index in [2.05, 4.69) is 17.9 Å². The van der Waals surface area contributed by atoms with E-state index in [0.29, 0.717) is 12.4 Å². The van der Waals surface area contributed by atoms with Crippen molar-refractivity contribution in [3.05, 3.63) is 54.1 Å². The van der Waals surface area contributed by atoms with Crippen molar-refractivity contribution in [1.82, 2.24) is 0 Å². The summed E-state index contributed by atoms with van der Waals surface area (Å²) in [6, 6.07) is 11.8. The average molecular weight is 316 g/mol. The molecule has 0 spiro atoms. The van der Waals surface area contributed by atoms with Crippen LogP contribution in [0.15, 0.2) is 42.5 Å². The van der Waals surface area contributed by atoms with Crippen molar-refractivity contribution in [1.29, 1.82) is 0 Å². The number of hydrogen-bond acceptors (Lipinski definition) is 2. The Kier molecular flexibility index (Phi) is 4.79. The SMILES string of the molecule is CCCCCCN1CN(c2ccc(F)cc2F)c2ccccc21. The number of benzene rings is 2. The highest BCUT2D eigenvalue weighted by molar-refractivity contribution is 5.82. The highest BCUT2D eigenvalue weighted by Gasteiger charge is 2.27. The van der Waals surface area contributed by atoms with E-state index in [0.717, 1.165) is 30.4 Å². The number of fused-ring (bicyclic) bond motifs is 1. The molecule has 0 fully saturated rings. The van der Waals surface area contributed by atoms with Crippen molar-refractivity contribution in [3.63, 3.8) is 0 Å². The Morgan fingerprint density at radius 2 is 1.70 bits per heavy atom. The maximum atomic E-state index is 14.2. The number of para-hydroxylation sites is 2. The predicted octanol–water partition coefficient (Wildman–Crippen LogP) is 5.46. The molecular formula is C19H22F2N2. The fraction of sp³-hybridized carbons (Fsp3) is 0.368. The summed E-state index contributed by atoms with van der Waals surface area (Å²) in [5, 5.41) is 0. The molecule has 1 aliphatic heterocycles. The van der Waals surface area contributed by atoms with Gasteiger partial charge >= 0.3 is 0 Å². The summed E-state index contributed by atoms with van der Waals surface area (Å²) in [5.74, 6) is -1.07. The molecular weight excluding hydrogens is 294 g/mol. The van der Waals surface area contributed by atoms with E-state index < -0.39 is 11.6 Å². The van der Waals surface area contributed by atoms with Crippen molar-refractivity contribution >= 4 is 17.1 Å². The molecule has 0 aliphatic carbocycles. The van der Waals surface area contributed by atoms with Gasteiger partial charge in [-0.25, -0.2) is 8.78 Å². The molecule has 122 valence electrons. The van der Waals surface area contributed by atoms with Crippen molar-refractivity contribution in [2.45, 2.75) is 32.6 Å². The third-order valence-corrected chi connectivity index (χ3v) is 4.31. The minimum atomic E-state index is -0.546. The number of nitrogens with zero attached hydrogens (tertiary/aromatic N) is 2. The van der Waals surface area contributed by atoms with Crippen molar-refractivity contribution in [2.75, 3.05) is 23.0 Å². The van der Waals surface area contributed by atoms with Crippen LogP contribution in [-0.4, -0.2) is 13.2 Å². The minimum absolute atomic E-state index is 0.426. The molecule has 2 nitrogen and oxygen atoms in total. The van der Waals surface area contributed by atoms with Gasteiger partial charge in [-0.2, -0.15) is 0 Å². The van der Waals surface area contributed by atoms with E-state index in [1.807, 2.05) is 23.1 Å². The van der Waals surface area contributed by atoms with Crippen LogP contribution in [0.2, 0.25) is 0 Å². The number of hydrogen-bond donors (Lipinski definition) is 0. The van der Waals surface area contributed by atoms with Gasteiger partial charge in [0.1, 0.15) is 11.6 Å². The molecule has 0 N–H and O–H groups in total. The topological polar surface area (TPSA) is 6.48 Å². The van der Waals surface area contributed by atoms with E-state index in [1.165, 1.54) is 31.4 Å². The van der Waals surface area contributed by atoms with Crippen LogP contribution in [0.4, 0.5) is 25.8 Å². The van der Waals surface area contributed by atoms with Gasteiger partial charge in [0, 0.05) is 12.6 Å². The molecule has 0 aromatic heterocycles. The Morgan fingerprint density at radius 3 is 2.43 bits per heavy atom. The third-order valence-electron chi connectivity index (χ3n) is 4.31. The van der Waals surface area contributed by atoms with Crippen molar-refractivity contribution < 1.29 is 8.78 Å². The molecule has 23 heavy (non-hydrogen) atoms.